The van der Waals surface area contributed by atoms with Crippen LogP contribution in [0.15, 0.2) is 23.1 Å². The molecule has 2 atom stereocenters. The highest BCUT2D eigenvalue weighted by atomic mass is 32.2. The van der Waals surface area contributed by atoms with Gasteiger partial charge in [-0.15, -0.1) is 0 Å². The highest BCUT2D eigenvalue weighted by molar-refractivity contribution is 7.90. The van der Waals surface area contributed by atoms with E-state index in [0.717, 1.165) is 12.8 Å². The van der Waals surface area contributed by atoms with Gasteiger partial charge >= 0.3 is 0 Å². The largest absolute Gasteiger partial charge is 0.375 e. The fourth-order valence-electron chi connectivity index (χ4n) is 2.60. The van der Waals surface area contributed by atoms with Crippen molar-refractivity contribution in [2.45, 2.75) is 56.6 Å². The third-order valence-electron chi connectivity index (χ3n) is 3.87. The zero-order valence-corrected chi connectivity index (χ0v) is 14.0. The molecule has 0 saturated carbocycles. The van der Waals surface area contributed by atoms with E-state index >= 15 is 0 Å². The van der Waals surface area contributed by atoms with Crippen molar-refractivity contribution in [1.29, 1.82) is 5.26 Å². The van der Waals surface area contributed by atoms with Crippen LogP contribution in [-0.4, -0.2) is 26.5 Å². The molecule has 1 heterocycles. The predicted octanol–water partition coefficient (Wildman–Crippen LogP) is 2.02. The van der Waals surface area contributed by atoms with E-state index in [1.54, 1.807) is 13.0 Å². The Morgan fingerprint density at radius 3 is 2.78 bits per heavy atom. The normalized spacial score (nSPS) is 20.9. The summed E-state index contributed by atoms with van der Waals surface area (Å²) in [6, 6.07) is 6.25. The molecular formula is C16H20N2O4S. The van der Waals surface area contributed by atoms with Gasteiger partial charge in [-0.25, -0.2) is 13.1 Å². The monoisotopic (exact) mass is 336 g/mol. The van der Waals surface area contributed by atoms with Crippen LogP contribution in [0.3, 0.4) is 0 Å². The first kappa shape index (κ1) is 17.4. The number of carbonyl (C=O) groups is 1. The Bertz CT molecular complexity index is 737. The molecule has 7 heteroatoms. The molecule has 1 aliphatic rings. The van der Waals surface area contributed by atoms with Gasteiger partial charge in [-0.1, -0.05) is 6.07 Å². The lowest BCUT2D eigenvalue weighted by Crippen LogP contribution is -2.31. The van der Waals surface area contributed by atoms with Crippen LogP contribution in [-0.2, 0) is 19.6 Å². The van der Waals surface area contributed by atoms with Crippen LogP contribution in [0, 0.1) is 18.3 Å². The second kappa shape index (κ2) is 7.11. The Morgan fingerprint density at radius 2 is 2.17 bits per heavy atom. The number of sulfonamides is 1. The Labute approximate surface area is 136 Å². The predicted molar refractivity (Wildman–Crippen MR) is 84.0 cm³/mol. The Morgan fingerprint density at radius 1 is 1.43 bits per heavy atom. The zero-order chi connectivity index (χ0) is 17.0. The minimum absolute atomic E-state index is 0.0158. The van der Waals surface area contributed by atoms with Gasteiger partial charge in [0.05, 0.1) is 28.7 Å². The molecule has 2 rings (SSSR count). The van der Waals surface area contributed by atoms with Crippen molar-refractivity contribution in [3.63, 3.8) is 0 Å². The van der Waals surface area contributed by atoms with E-state index in [9.17, 15) is 13.2 Å². The molecule has 1 amide bonds. The van der Waals surface area contributed by atoms with Crippen LogP contribution < -0.4 is 4.72 Å². The lowest BCUT2D eigenvalue weighted by molar-refractivity contribution is -0.120. The van der Waals surface area contributed by atoms with Gasteiger partial charge in [0.25, 0.3) is 10.0 Å². The van der Waals surface area contributed by atoms with E-state index in [4.69, 9.17) is 10.00 Å². The Hall–Kier alpha value is -1.91. The first-order chi connectivity index (χ1) is 10.8. The Balaban J connectivity index is 2.00. The minimum Gasteiger partial charge on any atom is -0.375 e. The summed E-state index contributed by atoms with van der Waals surface area (Å²) in [6.07, 6.45) is 2.66. The van der Waals surface area contributed by atoms with Gasteiger partial charge in [0.15, 0.2) is 0 Å². The van der Waals surface area contributed by atoms with Gasteiger partial charge in [0, 0.05) is 6.42 Å². The SMILES string of the molecule is Cc1ccc(C#N)cc1S(=O)(=O)NC(=O)CC[C@H]1CC[C@@H](C)O1. The third kappa shape index (κ3) is 4.53. The summed E-state index contributed by atoms with van der Waals surface area (Å²) in [5.74, 6) is -0.560. The second-order valence-corrected chi connectivity index (χ2v) is 7.46. The van der Waals surface area contributed by atoms with E-state index in [-0.39, 0.29) is 29.1 Å². The molecule has 0 aliphatic carbocycles. The Kier molecular flexibility index (Phi) is 5.39. The van der Waals surface area contributed by atoms with Gasteiger partial charge < -0.3 is 4.74 Å². The quantitative estimate of drug-likeness (QED) is 0.887. The summed E-state index contributed by atoms with van der Waals surface area (Å²) in [4.78, 5) is 11.9. The second-order valence-electron chi connectivity index (χ2n) is 5.81. The average molecular weight is 336 g/mol. The molecule has 0 spiro atoms. The van der Waals surface area contributed by atoms with Crippen molar-refractivity contribution >= 4 is 15.9 Å². The maximum atomic E-state index is 12.3. The molecule has 1 aromatic carbocycles. The van der Waals surface area contributed by atoms with Crippen molar-refractivity contribution < 1.29 is 17.9 Å². The summed E-state index contributed by atoms with van der Waals surface area (Å²) in [5.41, 5.74) is 0.717. The van der Waals surface area contributed by atoms with Gasteiger partial charge in [-0.05, 0) is 50.8 Å². The maximum absolute atomic E-state index is 12.3. The number of nitriles is 1. The molecular weight excluding hydrogens is 316 g/mol. The number of benzene rings is 1. The summed E-state index contributed by atoms with van der Waals surface area (Å²) in [7, 11) is -3.97. The maximum Gasteiger partial charge on any atom is 0.264 e. The lowest BCUT2D eigenvalue weighted by Gasteiger charge is -2.12. The topological polar surface area (TPSA) is 96.3 Å². The van der Waals surface area contributed by atoms with Crippen molar-refractivity contribution in [3.8, 4) is 6.07 Å². The van der Waals surface area contributed by atoms with Crippen LogP contribution in [0.25, 0.3) is 0 Å². The number of nitrogens with one attached hydrogen (secondary N) is 1. The number of carbonyl (C=O) groups excluding carboxylic acids is 1. The molecule has 0 aromatic heterocycles. The number of nitrogens with zero attached hydrogens (tertiary/aromatic N) is 1. The number of hydrogen-bond acceptors (Lipinski definition) is 5. The smallest absolute Gasteiger partial charge is 0.264 e. The van der Waals surface area contributed by atoms with Crippen molar-refractivity contribution in [3.05, 3.63) is 29.3 Å². The first-order valence-corrected chi connectivity index (χ1v) is 9.02. The molecule has 0 bridgehead atoms. The van der Waals surface area contributed by atoms with Gasteiger partial charge in [0.2, 0.25) is 5.91 Å². The number of aryl methyl sites for hydroxylation is 1. The van der Waals surface area contributed by atoms with Crippen molar-refractivity contribution in [1.82, 2.24) is 4.72 Å². The molecule has 0 unspecified atom stereocenters. The van der Waals surface area contributed by atoms with Gasteiger partial charge in [-0.3, -0.25) is 4.79 Å². The van der Waals surface area contributed by atoms with Crippen LogP contribution in [0.2, 0.25) is 0 Å². The van der Waals surface area contributed by atoms with Crippen LogP contribution in [0.4, 0.5) is 0 Å². The van der Waals surface area contributed by atoms with E-state index < -0.39 is 15.9 Å². The minimum atomic E-state index is -3.97. The van der Waals surface area contributed by atoms with Crippen LogP contribution in [0.5, 0.6) is 0 Å². The molecule has 124 valence electrons. The van der Waals surface area contributed by atoms with Crippen LogP contribution >= 0.6 is 0 Å². The van der Waals surface area contributed by atoms with E-state index in [1.807, 2.05) is 13.0 Å². The fraction of sp³-hybridized carbons (Fsp3) is 0.500. The van der Waals surface area contributed by atoms with E-state index in [2.05, 4.69) is 4.72 Å². The molecule has 1 fully saturated rings. The van der Waals surface area contributed by atoms with Crippen LogP contribution in [0.1, 0.15) is 43.7 Å². The third-order valence-corrected chi connectivity index (χ3v) is 5.38. The summed E-state index contributed by atoms with van der Waals surface area (Å²) >= 11 is 0. The van der Waals surface area contributed by atoms with E-state index in [0.29, 0.717) is 12.0 Å². The molecule has 23 heavy (non-hydrogen) atoms. The molecule has 1 aromatic rings. The lowest BCUT2D eigenvalue weighted by atomic mass is 10.1. The van der Waals surface area contributed by atoms with Gasteiger partial charge in [-0.2, -0.15) is 5.26 Å². The summed E-state index contributed by atoms with van der Waals surface area (Å²) in [5, 5.41) is 8.88. The molecule has 0 radical (unpaired) electrons. The number of ether oxygens (including phenoxy) is 1. The highest BCUT2D eigenvalue weighted by Crippen LogP contribution is 2.23. The zero-order valence-electron chi connectivity index (χ0n) is 13.2. The average Bonchev–Trinajstić information content (AvgIpc) is 2.90. The number of rotatable bonds is 5. The summed E-state index contributed by atoms with van der Waals surface area (Å²) < 4.78 is 32.3. The molecule has 1 aliphatic heterocycles. The number of hydrogen-bond donors (Lipinski definition) is 1. The highest BCUT2D eigenvalue weighted by Gasteiger charge is 2.24. The van der Waals surface area contributed by atoms with Crippen molar-refractivity contribution in [2.75, 3.05) is 0 Å². The summed E-state index contributed by atoms with van der Waals surface area (Å²) in [6.45, 7) is 3.60. The molecule has 1 saturated heterocycles. The van der Waals surface area contributed by atoms with Crippen molar-refractivity contribution in [2.24, 2.45) is 0 Å². The molecule has 1 N–H and O–H groups in total. The standard InChI is InChI=1S/C16H20N2O4S/c1-11-3-5-13(10-17)9-15(11)23(20,21)18-16(19)8-7-14-6-4-12(2)22-14/h3,5,9,12,14H,4,6-8H2,1-2H3,(H,18,19)/t12-,14-/m1/s1. The first-order valence-electron chi connectivity index (χ1n) is 7.53. The molecule has 6 nitrogen and oxygen atoms in total. The van der Waals surface area contributed by atoms with Gasteiger partial charge in [0.1, 0.15) is 0 Å². The number of amides is 1. The fourth-order valence-corrected chi connectivity index (χ4v) is 3.89. The van der Waals surface area contributed by atoms with E-state index in [1.165, 1.54) is 12.1 Å².